The van der Waals surface area contributed by atoms with Crippen LogP contribution in [-0.4, -0.2) is 22.2 Å². The van der Waals surface area contributed by atoms with E-state index in [0.29, 0.717) is 28.9 Å². The van der Waals surface area contributed by atoms with E-state index in [4.69, 9.17) is 20.9 Å². The Morgan fingerprint density at radius 2 is 2.16 bits per heavy atom. The highest BCUT2D eigenvalue weighted by molar-refractivity contribution is 7.13. The Morgan fingerprint density at radius 1 is 1.36 bits per heavy atom. The number of carbonyl (C=O) groups excluding carboxylic acids is 1. The molecule has 0 bridgehead atoms. The van der Waals surface area contributed by atoms with Gasteiger partial charge >= 0.3 is 0 Å². The monoisotopic (exact) mass is 377 g/mol. The first-order valence-corrected chi connectivity index (χ1v) is 8.98. The third-order valence-electron chi connectivity index (χ3n) is 3.38. The largest absolute Gasteiger partial charge is 0.481 e. The molecule has 3 rings (SSSR count). The summed E-state index contributed by atoms with van der Waals surface area (Å²) in [4.78, 5) is 17.5. The summed E-state index contributed by atoms with van der Waals surface area (Å²) < 4.78 is 10.9. The zero-order valence-corrected chi connectivity index (χ0v) is 15.0. The molecule has 2 aromatic heterocycles. The summed E-state index contributed by atoms with van der Waals surface area (Å²) >= 11 is 7.37. The molecule has 2 heterocycles. The normalized spacial score (nSPS) is 11.9. The van der Waals surface area contributed by atoms with Gasteiger partial charge < -0.3 is 14.6 Å². The summed E-state index contributed by atoms with van der Waals surface area (Å²) in [5, 5.41) is 9.22. The molecule has 1 aromatic carbocycles. The molecule has 0 fully saturated rings. The molecule has 0 aliphatic rings. The van der Waals surface area contributed by atoms with E-state index < -0.39 is 6.10 Å². The van der Waals surface area contributed by atoms with E-state index in [2.05, 4.69) is 15.5 Å². The summed E-state index contributed by atoms with van der Waals surface area (Å²) in [6, 6.07) is 10.7. The summed E-state index contributed by atoms with van der Waals surface area (Å²) in [6.07, 6.45) is -0.0838. The topological polar surface area (TPSA) is 77.2 Å². The molecule has 3 aromatic rings. The van der Waals surface area contributed by atoms with Gasteiger partial charge in [0.15, 0.2) is 6.10 Å². The average molecular weight is 378 g/mol. The molecule has 130 valence electrons. The Labute approximate surface area is 153 Å². The maximum atomic E-state index is 12.3. The van der Waals surface area contributed by atoms with Crippen LogP contribution in [0.5, 0.6) is 5.75 Å². The molecular weight excluding hydrogens is 362 g/mol. The number of hydrogen-bond acceptors (Lipinski definition) is 6. The van der Waals surface area contributed by atoms with Crippen molar-refractivity contribution in [3.63, 3.8) is 0 Å². The highest BCUT2D eigenvalue weighted by Crippen LogP contribution is 2.21. The molecule has 1 amide bonds. The lowest BCUT2D eigenvalue weighted by Crippen LogP contribution is -2.37. The maximum Gasteiger partial charge on any atom is 0.261 e. The number of carbonyl (C=O) groups is 1. The molecule has 0 saturated carbocycles. The second-order valence-corrected chi connectivity index (χ2v) is 6.56. The van der Waals surface area contributed by atoms with Crippen LogP contribution in [0.3, 0.4) is 0 Å². The van der Waals surface area contributed by atoms with E-state index in [9.17, 15) is 4.79 Å². The van der Waals surface area contributed by atoms with Gasteiger partial charge in [-0.05, 0) is 42.1 Å². The third-order valence-corrected chi connectivity index (χ3v) is 4.50. The summed E-state index contributed by atoms with van der Waals surface area (Å²) in [5.41, 5.74) is 0. The minimum atomic E-state index is -0.610. The van der Waals surface area contributed by atoms with Crippen molar-refractivity contribution < 1.29 is 14.1 Å². The third kappa shape index (κ3) is 4.58. The Bertz CT molecular complexity index is 818. The highest BCUT2D eigenvalue weighted by Gasteiger charge is 2.19. The molecule has 6 nitrogen and oxygen atoms in total. The number of hydrogen-bond donors (Lipinski definition) is 1. The van der Waals surface area contributed by atoms with Crippen molar-refractivity contribution in [3.8, 4) is 16.5 Å². The van der Waals surface area contributed by atoms with E-state index in [0.717, 1.165) is 4.88 Å². The molecule has 0 spiro atoms. The highest BCUT2D eigenvalue weighted by atomic mass is 35.5. The van der Waals surface area contributed by atoms with Crippen molar-refractivity contribution in [3.05, 3.63) is 52.7 Å². The lowest BCUT2D eigenvalue weighted by molar-refractivity contribution is -0.128. The molecule has 0 aliphatic heterocycles. The van der Waals surface area contributed by atoms with Crippen molar-refractivity contribution in [1.82, 2.24) is 15.5 Å². The summed E-state index contributed by atoms with van der Waals surface area (Å²) in [5.74, 6) is 1.21. The first-order chi connectivity index (χ1) is 12.2. The first-order valence-electron chi connectivity index (χ1n) is 7.72. The van der Waals surface area contributed by atoms with Gasteiger partial charge in [0.1, 0.15) is 5.75 Å². The maximum absolute atomic E-state index is 12.3. The van der Waals surface area contributed by atoms with Crippen LogP contribution in [0.1, 0.15) is 19.2 Å². The molecule has 25 heavy (non-hydrogen) atoms. The average Bonchev–Trinajstić information content (AvgIpc) is 3.30. The van der Waals surface area contributed by atoms with Gasteiger partial charge in [0.25, 0.3) is 5.91 Å². The zero-order valence-electron chi connectivity index (χ0n) is 13.4. The summed E-state index contributed by atoms with van der Waals surface area (Å²) in [6.45, 7) is 2.03. The molecule has 0 unspecified atom stereocenters. The lowest BCUT2D eigenvalue weighted by Gasteiger charge is -2.16. The number of benzene rings is 1. The van der Waals surface area contributed by atoms with E-state index in [1.54, 1.807) is 24.3 Å². The lowest BCUT2D eigenvalue weighted by atomic mass is 10.2. The van der Waals surface area contributed by atoms with Gasteiger partial charge in [-0.2, -0.15) is 4.98 Å². The minimum absolute atomic E-state index is 0.150. The molecule has 0 aliphatic carbocycles. The minimum Gasteiger partial charge on any atom is -0.481 e. The molecule has 1 N–H and O–H groups in total. The van der Waals surface area contributed by atoms with Crippen LogP contribution < -0.4 is 10.1 Å². The second kappa shape index (κ2) is 8.13. The van der Waals surface area contributed by atoms with E-state index >= 15 is 0 Å². The molecule has 0 saturated heterocycles. The van der Waals surface area contributed by atoms with Gasteiger partial charge in [-0.1, -0.05) is 29.7 Å². The van der Waals surface area contributed by atoms with Crippen LogP contribution in [0.2, 0.25) is 5.02 Å². The van der Waals surface area contributed by atoms with Crippen molar-refractivity contribution in [1.29, 1.82) is 0 Å². The number of thiophene rings is 1. The van der Waals surface area contributed by atoms with Gasteiger partial charge in [0, 0.05) is 5.02 Å². The Balaban J connectivity index is 1.56. The predicted octanol–water partition coefficient (Wildman–Crippen LogP) is 3.93. The SMILES string of the molecule is CC[C@@H](Oc1ccc(Cl)cc1)C(=O)NCc1nc(-c2cccs2)no1. The van der Waals surface area contributed by atoms with Crippen molar-refractivity contribution in [2.45, 2.75) is 26.0 Å². The van der Waals surface area contributed by atoms with E-state index in [-0.39, 0.29) is 12.5 Å². The first kappa shape index (κ1) is 17.4. The molecule has 1 atom stereocenters. The molecule has 8 heteroatoms. The fraction of sp³-hybridized carbons (Fsp3) is 0.235. The number of rotatable bonds is 7. The van der Waals surface area contributed by atoms with Crippen molar-refractivity contribution >= 4 is 28.8 Å². The fourth-order valence-corrected chi connectivity index (χ4v) is 2.88. The Morgan fingerprint density at radius 3 is 2.84 bits per heavy atom. The molecule has 0 radical (unpaired) electrons. The predicted molar refractivity (Wildman–Crippen MR) is 95.6 cm³/mol. The fourth-order valence-electron chi connectivity index (χ4n) is 2.11. The number of aromatic nitrogens is 2. The smallest absolute Gasteiger partial charge is 0.261 e. The van der Waals surface area contributed by atoms with E-state index in [1.165, 1.54) is 11.3 Å². The van der Waals surface area contributed by atoms with Crippen LogP contribution in [0.15, 0.2) is 46.3 Å². The molecular formula is C17H16ClN3O3S. The van der Waals surface area contributed by atoms with Gasteiger partial charge in [0.05, 0.1) is 11.4 Å². The Hall–Kier alpha value is -2.38. The summed E-state index contributed by atoms with van der Waals surface area (Å²) in [7, 11) is 0. The van der Waals surface area contributed by atoms with Crippen LogP contribution in [0.4, 0.5) is 0 Å². The quantitative estimate of drug-likeness (QED) is 0.675. The second-order valence-electron chi connectivity index (χ2n) is 5.18. The van der Waals surface area contributed by atoms with Gasteiger partial charge in [-0.25, -0.2) is 0 Å². The van der Waals surface area contributed by atoms with Crippen LogP contribution in [0, 0.1) is 0 Å². The number of nitrogens with zero attached hydrogens (tertiary/aromatic N) is 2. The van der Waals surface area contributed by atoms with Crippen LogP contribution in [0.25, 0.3) is 10.7 Å². The van der Waals surface area contributed by atoms with Gasteiger partial charge in [-0.15, -0.1) is 11.3 Å². The Kier molecular flexibility index (Phi) is 5.67. The van der Waals surface area contributed by atoms with Crippen molar-refractivity contribution in [2.24, 2.45) is 0 Å². The number of nitrogens with one attached hydrogen (secondary N) is 1. The van der Waals surface area contributed by atoms with Crippen LogP contribution in [-0.2, 0) is 11.3 Å². The number of ether oxygens (including phenoxy) is 1. The number of halogens is 1. The van der Waals surface area contributed by atoms with Gasteiger partial charge in [-0.3, -0.25) is 4.79 Å². The van der Waals surface area contributed by atoms with Crippen LogP contribution >= 0.6 is 22.9 Å². The zero-order chi connectivity index (χ0) is 17.6. The standard InChI is InChI=1S/C17H16ClN3O3S/c1-2-13(23-12-7-5-11(18)6-8-12)17(22)19-10-15-20-16(21-24-15)14-4-3-9-25-14/h3-9,13H,2,10H2,1H3,(H,19,22)/t13-/m1/s1. The van der Waals surface area contributed by atoms with Gasteiger partial charge in [0.2, 0.25) is 11.7 Å². The van der Waals surface area contributed by atoms with E-state index in [1.807, 2.05) is 24.4 Å². The number of amides is 1. The van der Waals surface area contributed by atoms with Crippen molar-refractivity contribution in [2.75, 3.05) is 0 Å².